The number of ether oxygens (including phenoxy) is 2. The number of nitrogens with two attached hydrogens (primary N) is 1. The fraction of sp³-hybridized carbons (Fsp3) is 0.417. The van der Waals surface area contributed by atoms with Crippen LogP contribution in [0.4, 0.5) is 11.4 Å². The minimum atomic E-state index is -0.557. The summed E-state index contributed by atoms with van der Waals surface area (Å²) in [4.78, 5) is 38.2. The van der Waals surface area contributed by atoms with Gasteiger partial charge < -0.3 is 25.0 Å². The van der Waals surface area contributed by atoms with Gasteiger partial charge in [-0.3, -0.25) is 19.7 Å². The molecule has 2 heterocycles. The summed E-state index contributed by atoms with van der Waals surface area (Å²) < 4.78 is 10.4. The summed E-state index contributed by atoms with van der Waals surface area (Å²) in [5, 5.41) is 11.2. The van der Waals surface area contributed by atoms with E-state index in [1.165, 1.54) is 12.1 Å². The predicted octanol–water partition coefficient (Wildman–Crippen LogP) is 3.73. The zero-order valence-electron chi connectivity index (χ0n) is 20.1. The third kappa shape index (κ3) is 6.64. The molecule has 12 heteroatoms. The molecule has 2 aliphatic rings. The number of amides is 2. The Bertz CT molecular complexity index is 1150. The van der Waals surface area contributed by atoms with E-state index in [0.29, 0.717) is 80.0 Å². The van der Waals surface area contributed by atoms with E-state index in [-0.39, 0.29) is 22.5 Å². The first-order valence-corrected chi connectivity index (χ1v) is 12.1. The number of anilines is 1. The predicted molar refractivity (Wildman–Crippen MR) is 137 cm³/mol. The lowest BCUT2D eigenvalue weighted by atomic mass is 10.1. The van der Waals surface area contributed by atoms with Crippen LogP contribution < -0.4 is 5.73 Å². The molecule has 194 valence electrons. The second-order valence-electron chi connectivity index (χ2n) is 8.37. The fourth-order valence-electron chi connectivity index (χ4n) is 3.84. The molecule has 0 bridgehead atoms. The van der Waals surface area contributed by atoms with Crippen molar-refractivity contribution in [2.75, 3.05) is 58.3 Å². The summed E-state index contributed by atoms with van der Waals surface area (Å²) in [6.07, 6.45) is 0. The van der Waals surface area contributed by atoms with Crippen molar-refractivity contribution in [1.29, 1.82) is 0 Å². The van der Waals surface area contributed by atoms with E-state index < -0.39 is 4.92 Å². The third-order valence-corrected chi connectivity index (χ3v) is 6.52. The van der Waals surface area contributed by atoms with Crippen LogP contribution in [0.2, 0.25) is 10.0 Å². The Balaban J connectivity index is 0.000000202. The van der Waals surface area contributed by atoms with Crippen LogP contribution in [0.15, 0.2) is 24.3 Å². The molecular formula is C24H28Cl2N4O6. The lowest BCUT2D eigenvalue weighted by Crippen LogP contribution is -2.40. The molecule has 0 unspecified atom stereocenters. The number of halogens is 2. The van der Waals surface area contributed by atoms with Gasteiger partial charge >= 0.3 is 0 Å². The quantitative estimate of drug-likeness (QED) is 0.358. The number of carbonyl (C=O) groups excluding carboxylic acids is 2. The van der Waals surface area contributed by atoms with Crippen LogP contribution in [0.1, 0.15) is 31.8 Å². The molecule has 2 aromatic rings. The summed E-state index contributed by atoms with van der Waals surface area (Å²) in [5.74, 6) is -0.176. The van der Waals surface area contributed by atoms with Crippen molar-refractivity contribution < 1.29 is 24.0 Å². The van der Waals surface area contributed by atoms with Crippen molar-refractivity contribution in [3.8, 4) is 0 Å². The van der Waals surface area contributed by atoms with Crippen LogP contribution in [0.3, 0.4) is 0 Å². The zero-order chi connectivity index (χ0) is 26.4. The number of benzene rings is 2. The van der Waals surface area contributed by atoms with Crippen LogP contribution in [0, 0.1) is 24.0 Å². The van der Waals surface area contributed by atoms with E-state index >= 15 is 0 Å². The molecule has 2 N–H and O–H groups in total. The Morgan fingerprint density at radius 3 is 1.69 bits per heavy atom. The maximum atomic E-state index is 12.3. The highest BCUT2D eigenvalue weighted by Crippen LogP contribution is 2.28. The van der Waals surface area contributed by atoms with Crippen LogP contribution in [-0.4, -0.2) is 79.1 Å². The van der Waals surface area contributed by atoms with Gasteiger partial charge in [0.1, 0.15) is 5.02 Å². The molecule has 36 heavy (non-hydrogen) atoms. The van der Waals surface area contributed by atoms with Crippen molar-refractivity contribution >= 4 is 46.4 Å². The van der Waals surface area contributed by atoms with Gasteiger partial charge in [-0.2, -0.15) is 0 Å². The van der Waals surface area contributed by atoms with Crippen molar-refractivity contribution in [2.45, 2.75) is 13.8 Å². The Morgan fingerprint density at radius 1 is 0.833 bits per heavy atom. The largest absolute Gasteiger partial charge is 0.398 e. The lowest BCUT2D eigenvalue weighted by molar-refractivity contribution is -0.384. The highest BCUT2D eigenvalue weighted by molar-refractivity contribution is 6.33. The van der Waals surface area contributed by atoms with E-state index in [1.54, 1.807) is 28.9 Å². The molecule has 0 spiro atoms. The minimum absolute atomic E-state index is 0.00676. The Morgan fingerprint density at radius 2 is 1.25 bits per heavy atom. The summed E-state index contributed by atoms with van der Waals surface area (Å²) >= 11 is 11.8. The number of hydrogen-bond donors (Lipinski definition) is 1. The first kappa shape index (κ1) is 27.7. The highest BCUT2D eigenvalue weighted by Gasteiger charge is 2.24. The van der Waals surface area contributed by atoms with E-state index in [2.05, 4.69) is 0 Å². The van der Waals surface area contributed by atoms with Gasteiger partial charge in [-0.1, -0.05) is 23.2 Å². The minimum Gasteiger partial charge on any atom is -0.398 e. The summed E-state index contributed by atoms with van der Waals surface area (Å²) in [6, 6.07) is 6.07. The standard InChI is InChI=1S/C12H13ClN2O4.C12H15ClN2O2/c1-8-6-11(15(17)18)10(13)7-9(8)12(16)14-2-4-19-5-3-14;1-8-6-11(14)10(13)7-9(8)12(16)15-2-4-17-5-3-15/h6-7H,2-5H2,1H3;6-7H,2-5,14H2,1H3. The van der Waals surface area contributed by atoms with E-state index in [0.717, 1.165) is 5.56 Å². The Labute approximate surface area is 219 Å². The number of nitrogen functional groups attached to an aromatic ring is 1. The molecule has 2 saturated heterocycles. The highest BCUT2D eigenvalue weighted by atomic mass is 35.5. The maximum absolute atomic E-state index is 12.3. The Hall–Kier alpha value is -2.92. The van der Waals surface area contributed by atoms with Crippen LogP contribution in [0.5, 0.6) is 0 Å². The molecular weight excluding hydrogens is 511 g/mol. The van der Waals surface area contributed by atoms with Gasteiger partial charge in [0, 0.05) is 43.4 Å². The molecule has 0 saturated carbocycles. The normalized spacial score (nSPS) is 15.7. The van der Waals surface area contributed by atoms with Gasteiger partial charge in [-0.25, -0.2) is 0 Å². The average molecular weight is 539 g/mol. The molecule has 2 aromatic carbocycles. The van der Waals surface area contributed by atoms with Gasteiger partial charge in [-0.15, -0.1) is 0 Å². The van der Waals surface area contributed by atoms with Crippen molar-refractivity contribution in [1.82, 2.24) is 9.80 Å². The smallest absolute Gasteiger partial charge is 0.288 e. The first-order chi connectivity index (χ1) is 17.1. The van der Waals surface area contributed by atoms with Crippen molar-refractivity contribution in [2.24, 2.45) is 0 Å². The molecule has 4 rings (SSSR count). The number of carbonyl (C=O) groups is 2. The molecule has 0 aliphatic carbocycles. The SMILES string of the molecule is Cc1cc(N)c(Cl)cc1C(=O)N1CCOCC1.Cc1cc([N+](=O)[O-])c(Cl)cc1C(=O)N1CCOCC1. The molecule has 0 atom stereocenters. The van der Waals surface area contributed by atoms with Crippen LogP contribution in [0.25, 0.3) is 0 Å². The van der Waals surface area contributed by atoms with E-state index in [9.17, 15) is 19.7 Å². The van der Waals surface area contributed by atoms with Crippen molar-refractivity contribution in [3.05, 3.63) is 66.7 Å². The number of nitrogens with zero attached hydrogens (tertiary/aromatic N) is 3. The number of nitro groups is 1. The number of morpholine rings is 2. The van der Waals surface area contributed by atoms with E-state index in [4.69, 9.17) is 38.4 Å². The molecule has 0 radical (unpaired) electrons. The van der Waals surface area contributed by atoms with E-state index in [1.807, 2.05) is 6.92 Å². The second kappa shape index (κ2) is 12.4. The number of nitro benzene ring substituents is 1. The maximum Gasteiger partial charge on any atom is 0.288 e. The first-order valence-electron chi connectivity index (χ1n) is 11.3. The van der Waals surface area contributed by atoms with Crippen LogP contribution in [-0.2, 0) is 9.47 Å². The van der Waals surface area contributed by atoms with Gasteiger partial charge in [0.25, 0.3) is 17.5 Å². The zero-order valence-corrected chi connectivity index (χ0v) is 21.6. The molecule has 0 aromatic heterocycles. The summed E-state index contributed by atoms with van der Waals surface area (Å²) in [7, 11) is 0. The van der Waals surface area contributed by atoms with Gasteiger partial charge in [0.15, 0.2) is 0 Å². The topological polar surface area (TPSA) is 128 Å². The molecule has 2 aliphatic heterocycles. The van der Waals surface area contributed by atoms with Gasteiger partial charge in [-0.05, 0) is 43.2 Å². The molecule has 2 fully saturated rings. The molecule has 2 amide bonds. The monoisotopic (exact) mass is 538 g/mol. The number of aryl methyl sites for hydroxylation is 2. The average Bonchev–Trinajstić information content (AvgIpc) is 2.88. The third-order valence-electron chi connectivity index (χ3n) is 5.89. The van der Waals surface area contributed by atoms with Gasteiger partial charge in [0.2, 0.25) is 0 Å². The molecule has 10 nitrogen and oxygen atoms in total. The lowest BCUT2D eigenvalue weighted by Gasteiger charge is -2.27. The Kier molecular flexibility index (Phi) is 9.49. The van der Waals surface area contributed by atoms with Crippen LogP contribution >= 0.6 is 23.2 Å². The number of rotatable bonds is 3. The van der Waals surface area contributed by atoms with Gasteiger partial charge in [0.05, 0.1) is 42.1 Å². The van der Waals surface area contributed by atoms with Crippen molar-refractivity contribution in [3.63, 3.8) is 0 Å². The number of hydrogen-bond acceptors (Lipinski definition) is 7. The fourth-order valence-corrected chi connectivity index (χ4v) is 4.24. The second-order valence-corrected chi connectivity index (χ2v) is 9.19. The summed E-state index contributed by atoms with van der Waals surface area (Å²) in [5.41, 5.74) is 8.43. The summed E-state index contributed by atoms with van der Waals surface area (Å²) in [6.45, 7) is 8.01.